The monoisotopic (exact) mass is 286 g/mol. The number of halogens is 1. The molecule has 104 valence electrons. The van der Waals surface area contributed by atoms with E-state index in [1.165, 1.54) is 6.07 Å². The number of aliphatic hydroxyl groups excluding tert-OH is 1. The van der Waals surface area contributed by atoms with Gasteiger partial charge in [-0.25, -0.2) is 4.79 Å². The smallest absolute Gasteiger partial charge is 0.339 e. The van der Waals surface area contributed by atoms with Crippen LogP contribution in [0.4, 0.5) is 0 Å². The summed E-state index contributed by atoms with van der Waals surface area (Å²) in [6, 6.07) is 3.10. The van der Waals surface area contributed by atoms with Crippen LogP contribution < -0.4 is 9.47 Å². The Kier molecular flexibility index (Phi) is 4.50. The van der Waals surface area contributed by atoms with Gasteiger partial charge in [0, 0.05) is 12.0 Å². The lowest BCUT2D eigenvalue weighted by molar-refractivity contribution is -0.153. The van der Waals surface area contributed by atoms with Gasteiger partial charge in [-0.15, -0.1) is 0 Å². The predicted octanol–water partition coefficient (Wildman–Crippen LogP) is 2.10. The molecule has 1 atom stereocenters. The number of carbonyl (C=O) groups is 1. The van der Waals surface area contributed by atoms with Crippen molar-refractivity contribution in [3.05, 3.63) is 22.7 Å². The van der Waals surface area contributed by atoms with Gasteiger partial charge >= 0.3 is 5.97 Å². The fraction of sp³-hybridized carbons (Fsp3) is 0.462. The number of hydrogen-bond donors (Lipinski definition) is 1. The van der Waals surface area contributed by atoms with Gasteiger partial charge in [0.2, 0.25) is 0 Å². The number of hydrogen-bond acceptors (Lipinski definition) is 5. The molecule has 0 radical (unpaired) electrons. The van der Waals surface area contributed by atoms with Crippen molar-refractivity contribution in [3.8, 4) is 11.5 Å². The van der Waals surface area contributed by atoms with E-state index < -0.39 is 12.1 Å². The first-order valence-electron chi connectivity index (χ1n) is 6.07. The Bertz CT molecular complexity index is 474. The molecule has 0 saturated heterocycles. The van der Waals surface area contributed by atoms with Gasteiger partial charge in [-0.1, -0.05) is 17.7 Å². The van der Waals surface area contributed by atoms with Crippen molar-refractivity contribution in [1.82, 2.24) is 0 Å². The highest BCUT2D eigenvalue weighted by Crippen LogP contribution is 2.42. The molecule has 0 spiro atoms. The molecule has 1 heterocycles. The van der Waals surface area contributed by atoms with E-state index >= 15 is 0 Å². The van der Waals surface area contributed by atoms with Gasteiger partial charge in [0.1, 0.15) is 0 Å². The molecule has 0 bridgehead atoms. The molecule has 0 fully saturated rings. The van der Waals surface area contributed by atoms with Gasteiger partial charge in [-0.2, -0.15) is 0 Å². The minimum Gasteiger partial charge on any atom is -0.489 e. The molecule has 19 heavy (non-hydrogen) atoms. The van der Waals surface area contributed by atoms with Crippen LogP contribution in [-0.2, 0) is 9.53 Å². The lowest BCUT2D eigenvalue weighted by Gasteiger charge is -2.16. The molecule has 5 nitrogen and oxygen atoms in total. The number of aliphatic hydroxyl groups is 1. The van der Waals surface area contributed by atoms with E-state index in [1.807, 2.05) is 0 Å². The van der Waals surface area contributed by atoms with E-state index in [9.17, 15) is 9.90 Å². The Hall–Kier alpha value is -1.46. The number of ether oxygens (including phenoxy) is 3. The highest BCUT2D eigenvalue weighted by Gasteiger charge is 2.27. The lowest BCUT2D eigenvalue weighted by atomic mass is 10.1. The molecule has 6 heteroatoms. The number of benzene rings is 1. The van der Waals surface area contributed by atoms with E-state index in [0.29, 0.717) is 41.7 Å². The van der Waals surface area contributed by atoms with E-state index in [2.05, 4.69) is 0 Å². The molecule has 0 saturated carbocycles. The molecule has 2 rings (SSSR count). The maximum atomic E-state index is 11.6. The van der Waals surface area contributed by atoms with Crippen molar-refractivity contribution >= 4 is 17.6 Å². The first-order chi connectivity index (χ1) is 9.15. The van der Waals surface area contributed by atoms with Crippen molar-refractivity contribution in [2.75, 3.05) is 19.8 Å². The summed E-state index contributed by atoms with van der Waals surface area (Å²) in [4.78, 5) is 11.6. The summed E-state index contributed by atoms with van der Waals surface area (Å²) in [6.45, 7) is 2.79. The average Bonchev–Trinajstić information content (AvgIpc) is 2.65. The minimum atomic E-state index is -1.41. The minimum absolute atomic E-state index is 0.197. The Morgan fingerprint density at radius 3 is 2.79 bits per heavy atom. The fourth-order valence-electron chi connectivity index (χ4n) is 1.81. The van der Waals surface area contributed by atoms with Crippen LogP contribution in [0, 0.1) is 0 Å². The van der Waals surface area contributed by atoms with E-state index in [0.717, 1.165) is 0 Å². The van der Waals surface area contributed by atoms with Crippen LogP contribution in [0.5, 0.6) is 11.5 Å². The Labute approximate surface area is 116 Å². The van der Waals surface area contributed by atoms with Gasteiger partial charge in [0.05, 0.1) is 24.8 Å². The third kappa shape index (κ3) is 2.93. The molecule has 1 aliphatic rings. The van der Waals surface area contributed by atoms with Crippen molar-refractivity contribution in [3.63, 3.8) is 0 Å². The molecule has 0 aliphatic carbocycles. The second-order valence-corrected chi connectivity index (χ2v) is 4.41. The number of esters is 1. The van der Waals surface area contributed by atoms with Gasteiger partial charge in [0.25, 0.3) is 0 Å². The van der Waals surface area contributed by atoms with Crippen molar-refractivity contribution in [1.29, 1.82) is 0 Å². The molecule has 1 aromatic rings. The van der Waals surface area contributed by atoms with Gasteiger partial charge in [0.15, 0.2) is 17.6 Å². The van der Waals surface area contributed by atoms with Crippen molar-refractivity contribution in [2.45, 2.75) is 19.4 Å². The van der Waals surface area contributed by atoms with Crippen LogP contribution in [-0.4, -0.2) is 30.9 Å². The van der Waals surface area contributed by atoms with Crippen molar-refractivity contribution < 1.29 is 24.1 Å². The second kappa shape index (κ2) is 6.12. The first-order valence-corrected chi connectivity index (χ1v) is 6.45. The predicted molar refractivity (Wildman–Crippen MR) is 68.7 cm³/mol. The standard InChI is InChI=1S/C13H15ClO5/c1-2-17-13(16)10(15)8-4-5-9(14)12-11(8)18-6-3-7-19-12/h4-5,10,15H,2-3,6-7H2,1H3. The topological polar surface area (TPSA) is 65.0 Å². The van der Waals surface area contributed by atoms with E-state index in [4.69, 9.17) is 25.8 Å². The first kappa shape index (κ1) is 14.0. The maximum Gasteiger partial charge on any atom is 0.339 e. The third-order valence-corrected chi connectivity index (χ3v) is 2.98. The molecule has 1 N–H and O–H groups in total. The normalized spacial score (nSPS) is 15.5. The van der Waals surface area contributed by atoms with Crippen LogP contribution in [0.1, 0.15) is 25.0 Å². The molecule has 0 amide bonds. The largest absolute Gasteiger partial charge is 0.489 e. The number of carbonyl (C=O) groups excluding carboxylic acids is 1. The van der Waals surface area contributed by atoms with Crippen LogP contribution in [0.15, 0.2) is 12.1 Å². The van der Waals surface area contributed by atoms with E-state index in [-0.39, 0.29) is 6.61 Å². The van der Waals surface area contributed by atoms with Crippen LogP contribution in [0.25, 0.3) is 0 Å². The zero-order valence-corrected chi connectivity index (χ0v) is 11.3. The lowest BCUT2D eigenvalue weighted by Crippen LogP contribution is -2.16. The van der Waals surface area contributed by atoms with E-state index in [1.54, 1.807) is 13.0 Å². The second-order valence-electron chi connectivity index (χ2n) is 4.00. The van der Waals surface area contributed by atoms with Gasteiger partial charge < -0.3 is 19.3 Å². The van der Waals surface area contributed by atoms with Gasteiger partial charge in [-0.3, -0.25) is 0 Å². The summed E-state index contributed by atoms with van der Waals surface area (Å²) in [6.07, 6.45) is -0.701. The summed E-state index contributed by atoms with van der Waals surface area (Å²) >= 11 is 6.03. The zero-order valence-electron chi connectivity index (χ0n) is 10.5. The number of fused-ring (bicyclic) bond motifs is 1. The van der Waals surface area contributed by atoms with Crippen LogP contribution >= 0.6 is 11.6 Å². The summed E-state index contributed by atoms with van der Waals surface area (Å²) in [7, 11) is 0. The van der Waals surface area contributed by atoms with Gasteiger partial charge in [-0.05, 0) is 13.0 Å². The quantitative estimate of drug-likeness (QED) is 0.862. The maximum absolute atomic E-state index is 11.6. The molecule has 1 aromatic carbocycles. The summed E-state index contributed by atoms with van der Waals surface area (Å²) in [5, 5.41) is 10.4. The molecule has 1 aliphatic heterocycles. The zero-order chi connectivity index (χ0) is 13.8. The Morgan fingerprint density at radius 2 is 2.11 bits per heavy atom. The fourth-order valence-corrected chi connectivity index (χ4v) is 2.01. The molecular formula is C13H15ClO5. The highest BCUT2D eigenvalue weighted by molar-refractivity contribution is 6.32. The highest BCUT2D eigenvalue weighted by atomic mass is 35.5. The average molecular weight is 287 g/mol. The summed E-state index contributed by atoms with van der Waals surface area (Å²) in [5.41, 5.74) is 0.305. The van der Waals surface area contributed by atoms with Crippen LogP contribution in [0.2, 0.25) is 5.02 Å². The van der Waals surface area contributed by atoms with Crippen molar-refractivity contribution in [2.24, 2.45) is 0 Å². The summed E-state index contributed by atoms with van der Waals surface area (Å²) in [5.74, 6) is -0.0505. The third-order valence-electron chi connectivity index (χ3n) is 2.68. The Morgan fingerprint density at radius 1 is 1.42 bits per heavy atom. The number of rotatable bonds is 3. The molecule has 1 unspecified atom stereocenters. The van der Waals surface area contributed by atoms with Crippen LogP contribution in [0.3, 0.4) is 0 Å². The summed E-state index contributed by atoms with van der Waals surface area (Å²) < 4.78 is 15.8. The molecular weight excluding hydrogens is 272 g/mol. The molecule has 0 aromatic heterocycles. The SMILES string of the molecule is CCOC(=O)C(O)c1ccc(Cl)c2c1OCCCO2. The Balaban J connectivity index is 2.38.